The van der Waals surface area contributed by atoms with Crippen LogP contribution in [0, 0.1) is 0 Å². The Bertz CT molecular complexity index is 1660. The summed E-state index contributed by atoms with van der Waals surface area (Å²) in [4.78, 5) is 33.4. The molecule has 0 aliphatic carbocycles. The molecule has 0 spiro atoms. The van der Waals surface area contributed by atoms with Crippen molar-refractivity contribution < 1.29 is 4.79 Å². The van der Waals surface area contributed by atoms with Crippen LogP contribution in [0.2, 0.25) is 0 Å². The lowest BCUT2D eigenvalue weighted by Crippen LogP contribution is -2.35. The van der Waals surface area contributed by atoms with E-state index in [0.29, 0.717) is 39.6 Å². The number of nitrogens with one attached hydrogen (secondary N) is 1. The van der Waals surface area contributed by atoms with Crippen molar-refractivity contribution in [1.82, 2.24) is 19.5 Å². The molecule has 1 aliphatic rings. The van der Waals surface area contributed by atoms with Crippen molar-refractivity contribution >= 4 is 43.9 Å². The van der Waals surface area contributed by atoms with Crippen molar-refractivity contribution in [3.8, 4) is 0 Å². The number of hydrogen-bond donors (Lipinski definition) is 1. The molecule has 0 unspecified atom stereocenters. The van der Waals surface area contributed by atoms with Crippen LogP contribution < -0.4 is 10.9 Å². The summed E-state index contributed by atoms with van der Waals surface area (Å²) in [5.41, 5.74) is 5.39. The molecule has 0 saturated carbocycles. The monoisotopic (exact) mass is 481 g/mol. The summed E-state index contributed by atoms with van der Waals surface area (Å²) in [5, 5.41) is 8.81. The van der Waals surface area contributed by atoms with Gasteiger partial charge in [0.15, 0.2) is 0 Å². The number of carbonyl (C=O) groups is 1. The predicted octanol–water partition coefficient (Wildman–Crippen LogP) is 4.81. The zero-order valence-electron chi connectivity index (χ0n) is 19.2. The van der Waals surface area contributed by atoms with E-state index in [4.69, 9.17) is 0 Å². The first-order chi connectivity index (χ1) is 17.1. The molecule has 3 heterocycles. The Morgan fingerprint density at radius 3 is 2.71 bits per heavy atom. The molecule has 1 aliphatic heterocycles. The quantitative estimate of drug-likeness (QED) is 0.399. The number of aryl methyl sites for hydroxylation is 1. The van der Waals surface area contributed by atoms with Crippen LogP contribution in [0.25, 0.3) is 15.9 Å². The van der Waals surface area contributed by atoms with Crippen LogP contribution in [0.4, 0.5) is 10.8 Å². The Morgan fingerprint density at radius 2 is 1.86 bits per heavy atom. The second-order valence-electron chi connectivity index (χ2n) is 8.63. The molecule has 8 heteroatoms. The summed E-state index contributed by atoms with van der Waals surface area (Å²) >= 11 is 1.31. The zero-order chi connectivity index (χ0) is 23.9. The van der Waals surface area contributed by atoms with E-state index in [9.17, 15) is 9.59 Å². The minimum absolute atomic E-state index is 0.0498. The van der Waals surface area contributed by atoms with E-state index in [1.165, 1.54) is 32.5 Å². The lowest BCUT2D eigenvalue weighted by molar-refractivity contribution is 0.0735. The highest BCUT2D eigenvalue weighted by atomic mass is 32.1. The first-order valence-corrected chi connectivity index (χ1v) is 12.5. The van der Waals surface area contributed by atoms with Gasteiger partial charge in [-0.1, -0.05) is 60.7 Å². The number of para-hydroxylation sites is 1. The standard InChI is InChI=1S/C27H23N5O2S/c1-2-17-7-5-6-10-22(17)28-26-30-32-25(34)21-12-11-19(15-23(21)29-27(32)35-26)24(33)31-14-13-18-8-3-4-9-20(18)16-31/h3-12,15H,2,13-14,16H2,1H3,(H,28,30). The number of hydrogen-bond acceptors (Lipinski definition) is 6. The van der Waals surface area contributed by atoms with Crippen LogP contribution in [-0.4, -0.2) is 31.9 Å². The molecule has 2 aromatic heterocycles. The summed E-state index contributed by atoms with van der Waals surface area (Å²) in [6.07, 6.45) is 1.73. The van der Waals surface area contributed by atoms with Gasteiger partial charge in [0.05, 0.1) is 10.9 Å². The van der Waals surface area contributed by atoms with Crippen molar-refractivity contribution in [1.29, 1.82) is 0 Å². The number of amides is 1. The summed E-state index contributed by atoms with van der Waals surface area (Å²) in [6, 6.07) is 21.4. The molecule has 174 valence electrons. The van der Waals surface area contributed by atoms with E-state index in [0.717, 1.165) is 18.5 Å². The number of aromatic nitrogens is 3. The highest BCUT2D eigenvalue weighted by molar-refractivity contribution is 7.20. The van der Waals surface area contributed by atoms with Crippen molar-refractivity contribution in [2.75, 3.05) is 11.9 Å². The molecule has 0 fully saturated rings. The summed E-state index contributed by atoms with van der Waals surface area (Å²) < 4.78 is 1.33. The van der Waals surface area contributed by atoms with Crippen molar-refractivity contribution in [3.05, 3.63) is 99.3 Å². The smallest absolute Gasteiger partial charge is 0.283 e. The molecule has 1 amide bonds. The molecular weight excluding hydrogens is 458 g/mol. The van der Waals surface area contributed by atoms with Gasteiger partial charge in [-0.15, -0.1) is 5.10 Å². The second-order valence-corrected chi connectivity index (χ2v) is 9.59. The van der Waals surface area contributed by atoms with E-state index in [1.807, 2.05) is 35.2 Å². The maximum atomic E-state index is 13.3. The largest absolute Gasteiger partial charge is 0.334 e. The van der Waals surface area contributed by atoms with Crippen LogP contribution in [0.5, 0.6) is 0 Å². The second kappa shape index (κ2) is 8.63. The van der Waals surface area contributed by atoms with Gasteiger partial charge in [0.2, 0.25) is 10.1 Å². The molecule has 5 aromatic rings. The number of anilines is 2. The molecular formula is C27H23N5O2S. The third-order valence-electron chi connectivity index (χ3n) is 6.50. The van der Waals surface area contributed by atoms with Gasteiger partial charge >= 0.3 is 0 Å². The van der Waals surface area contributed by atoms with Gasteiger partial charge in [-0.3, -0.25) is 9.59 Å². The van der Waals surface area contributed by atoms with E-state index < -0.39 is 0 Å². The maximum absolute atomic E-state index is 13.3. The predicted molar refractivity (Wildman–Crippen MR) is 139 cm³/mol. The third kappa shape index (κ3) is 3.85. The molecule has 1 N–H and O–H groups in total. The Kier molecular flexibility index (Phi) is 5.30. The fraction of sp³-hybridized carbons (Fsp3) is 0.185. The highest BCUT2D eigenvalue weighted by Gasteiger charge is 2.22. The number of nitrogens with zero attached hydrogens (tertiary/aromatic N) is 4. The molecule has 0 atom stereocenters. The van der Waals surface area contributed by atoms with Gasteiger partial charge in [-0.05, 0) is 53.8 Å². The topological polar surface area (TPSA) is 79.6 Å². The minimum Gasteiger partial charge on any atom is -0.334 e. The maximum Gasteiger partial charge on any atom is 0.283 e. The molecule has 3 aromatic carbocycles. The van der Waals surface area contributed by atoms with E-state index >= 15 is 0 Å². The minimum atomic E-state index is -0.246. The number of rotatable bonds is 4. The molecule has 0 saturated heterocycles. The number of fused-ring (bicyclic) bond motifs is 3. The van der Waals surface area contributed by atoms with Crippen molar-refractivity contribution in [2.24, 2.45) is 0 Å². The average molecular weight is 482 g/mol. The molecule has 0 radical (unpaired) electrons. The van der Waals surface area contributed by atoms with E-state index in [1.54, 1.807) is 18.2 Å². The van der Waals surface area contributed by atoms with E-state index in [-0.39, 0.29) is 11.5 Å². The zero-order valence-corrected chi connectivity index (χ0v) is 20.0. The van der Waals surface area contributed by atoms with Crippen LogP contribution in [-0.2, 0) is 19.4 Å². The van der Waals surface area contributed by atoms with Gasteiger partial charge < -0.3 is 10.2 Å². The Labute approximate surface area is 205 Å². The Balaban J connectivity index is 1.33. The third-order valence-corrected chi connectivity index (χ3v) is 7.33. The lowest BCUT2D eigenvalue weighted by atomic mass is 9.99. The summed E-state index contributed by atoms with van der Waals surface area (Å²) in [7, 11) is 0. The average Bonchev–Trinajstić information content (AvgIpc) is 3.30. The van der Waals surface area contributed by atoms with Crippen molar-refractivity contribution in [2.45, 2.75) is 26.3 Å². The number of carbonyl (C=O) groups excluding carboxylic acids is 1. The fourth-order valence-electron chi connectivity index (χ4n) is 4.61. The summed E-state index contributed by atoms with van der Waals surface area (Å²) in [6.45, 7) is 3.36. The number of benzene rings is 3. The lowest BCUT2D eigenvalue weighted by Gasteiger charge is -2.29. The fourth-order valence-corrected chi connectivity index (χ4v) is 5.42. The molecule has 0 bridgehead atoms. The summed E-state index contributed by atoms with van der Waals surface area (Å²) in [5.74, 6) is -0.0498. The normalized spacial score (nSPS) is 13.2. The molecule has 6 rings (SSSR count). The van der Waals surface area contributed by atoms with Gasteiger partial charge in [-0.2, -0.15) is 4.52 Å². The SMILES string of the molecule is CCc1ccccc1Nc1nn2c(=O)c3ccc(C(=O)N4CCc5ccccc5C4)cc3nc2s1. The Morgan fingerprint density at radius 1 is 1.06 bits per heavy atom. The first-order valence-electron chi connectivity index (χ1n) is 11.7. The van der Waals surface area contributed by atoms with Crippen LogP contribution in [0.15, 0.2) is 71.5 Å². The van der Waals surface area contributed by atoms with Crippen LogP contribution in [0.3, 0.4) is 0 Å². The van der Waals surface area contributed by atoms with Gasteiger partial charge in [-0.25, -0.2) is 4.98 Å². The van der Waals surface area contributed by atoms with E-state index in [2.05, 4.69) is 40.5 Å². The van der Waals surface area contributed by atoms with Crippen LogP contribution >= 0.6 is 11.3 Å². The van der Waals surface area contributed by atoms with Crippen molar-refractivity contribution in [3.63, 3.8) is 0 Å². The first kappa shape index (κ1) is 21.5. The van der Waals surface area contributed by atoms with Gasteiger partial charge in [0.25, 0.3) is 11.5 Å². The van der Waals surface area contributed by atoms with Gasteiger partial charge in [0, 0.05) is 24.3 Å². The highest BCUT2D eigenvalue weighted by Crippen LogP contribution is 2.26. The molecule has 35 heavy (non-hydrogen) atoms. The van der Waals surface area contributed by atoms with Crippen LogP contribution in [0.1, 0.15) is 34.0 Å². The Hall–Kier alpha value is -4.04. The molecule has 7 nitrogen and oxygen atoms in total. The van der Waals surface area contributed by atoms with Gasteiger partial charge in [0.1, 0.15) is 0 Å².